The first-order valence-electron chi connectivity index (χ1n) is 13.4. The Morgan fingerprint density at radius 2 is 1.59 bits per heavy atom. The van der Waals surface area contributed by atoms with Gasteiger partial charge in [0.05, 0.1) is 18.3 Å². The molecular weight excluding hydrogens is 522 g/mol. The van der Waals surface area contributed by atoms with Gasteiger partial charge in [-0.15, -0.1) is 0 Å². The molecule has 4 aromatic rings. The van der Waals surface area contributed by atoms with Gasteiger partial charge >= 0.3 is 6.03 Å². The molecule has 2 fully saturated rings. The van der Waals surface area contributed by atoms with E-state index in [0.29, 0.717) is 65.8 Å². The Balaban J connectivity index is 1.15. The minimum absolute atomic E-state index is 0.179. The molecule has 3 N–H and O–H groups in total. The molecule has 2 heterocycles. The Labute approximate surface area is 236 Å². The van der Waals surface area contributed by atoms with Crippen LogP contribution in [0.3, 0.4) is 0 Å². The molecule has 1 aliphatic heterocycles. The third-order valence-corrected chi connectivity index (χ3v) is 7.42. The highest BCUT2D eigenvalue weighted by Gasteiger charge is 2.56. The second-order valence-corrected chi connectivity index (χ2v) is 10.2. The Bertz CT molecular complexity index is 1650. The smallest absolute Gasteiger partial charge is 0.322 e. The van der Waals surface area contributed by atoms with Crippen molar-refractivity contribution in [2.24, 2.45) is 5.41 Å². The highest BCUT2D eigenvalue weighted by atomic mass is 16.5. The molecule has 10 heteroatoms. The van der Waals surface area contributed by atoms with Crippen molar-refractivity contribution in [3.05, 3.63) is 78.5 Å². The maximum absolute atomic E-state index is 13.1. The van der Waals surface area contributed by atoms with Crippen LogP contribution < -0.4 is 30.3 Å². The predicted molar refractivity (Wildman–Crippen MR) is 156 cm³/mol. The largest absolute Gasteiger partial charge is 0.495 e. The first-order valence-corrected chi connectivity index (χ1v) is 13.4. The molecule has 4 amide bonds. The van der Waals surface area contributed by atoms with E-state index in [1.807, 2.05) is 43.3 Å². The number of hydrogen-bond acceptors (Lipinski definition) is 6. The highest BCUT2D eigenvalue weighted by Crippen LogP contribution is 2.47. The van der Waals surface area contributed by atoms with Crippen LogP contribution in [0.1, 0.15) is 18.4 Å². The number of amides is 4. The van der Waals surface area contributed by atoms with Crippen molar-refractivity contribution in [1.29, 1.82) is 0 Å². The normalized spacial score (nSPS) is 15.3. The van der Waals surface area contributed by atoms with Gasteiger partial charge in [0.25, 0.3) is 0 Å². The fourth-order valence-electron chi connectivity index (χ4n) is 4.86. The van der Waals surface area contributed by atoms with Gasteiger partial charge in [-0.2, -0.15) is 0 Å². The third kappa shape index (κ3) is 5.11. The molecule has 6 rings (SSSR count). The first-order chi connectivity index (χ1) is 19.9. The number of pyridine rings is 1. The minimum Gasteiger partial charge on any atom is -0.495 e. The van der Waals surface area contributed by atoms with E-state index >= 15 is 0 Å². The van der Waals surface area contributed by atoms with Crippen molar-refractivity contribution in [1.82, 2.24) is 10.3 Å². The van der Waals surface area contributed by atoms with E-state index in [0.717, 1.165) is 10.9 Å². The van der Waals surface area contributed by atoms with Crippen LogP contribution in [0.25, 0.3) is 10.9 Å². The van der Waals surface area contributed by atoms with Gasteiger partial charge in [-0.1, -0.05) is 17.7 Å². The average Bonchev–Trinajstić information content (AvgIpc) is 3.69. The SMILES string of the molecule is COc1cc2c(Oc3ccc(NC(=O)C4(C(=O)Nc5ccc(C)cc5)CC4)cc3)ccnc2cc1N1CCNC1=O. The van der Waals surface area contributed by atoms with Crippen LogP contribution in [0, 0.1) is 12.3 Å². The Hall–Kier alpha value is -5.12. The molecule has 0 bridgehead atoms. The number of hydrogen-bond donors (Lipinski definition) is 3. The van der Waals surface area contributed by atoms with Gasteiger partial charge in [-0.25, -0.2) is 4.79 Å². The number of ether oxygens (including phenoxy) is 2. The van der Waals surface area contributed by atoms with Crippen molar-refractivity contribution >= 4 is 45.8 Å². The second kappa shape index (κ2) is 10.5. The number of aryl methyl sites for hydroxylation is 1. The quantitative estimate of drug-likeness (QED) is 0.258. The summed E-state index contributed by atoms with van der Waals surface area (Å²) in [6.45, 7) is 3.08. The van der Waals surface area contributed by atoms with Crippen LogP contribution in [0.2, 0.25) is 0 Å². The lowest BCUT2D eigenvalue weighted by Crippen LogP contribution is -2.35. The zero-order valence-electron chi connectivity index (χ0n) is 22.7. The number of rotatable bonds is 8. The van der Waals surface area contributed by atoms with Crippen LogP contribution in [-0.2, 0) is 9.59 Å². The van der Waals surface area contributed by atoms with Gasteiger partial charge in [-0.3, -0.25) is 19.5 Å². The van der Waals surface area contributed by atoms with Crippen molar-refractivity contribution in [3.8, 4) is 17.2 Å². The summed E-state index contributed by atoms with van der Waals surface area (Å²) in [5.74, 6) is 1.02. The number of anilines is 3. The molecule has 0 spiro atoms. The number of urea groups is 1. The number of carbonyl (C=O) groups is 3. The molecule has 0 unspecified atom stereocenters. The van der Waals surface area contributed by atoms with Crippen LogP contribution in [0.4, 0.5) is 21.9 Å². The van der Waals surface area contributed by atoms with Gasteiger partial charge in [0.15, 0.2) is 0 Å². The molecule has 10 nitrogen and oxygen atoms in total. The van der Waals surface area contributed by atoms with Crippen LogP contribution in [-0.4, -0.2) is 43.0 Å². The number of aromatic nitrogens is 1. The summed E-state index contributed by atoms with van der Waals surface area (Å²) in [5.41, 5.74) is 2.55. The van der Waals surface area contributed by atoms with Gasteiger partial charge in [-0.05, 0) is 74.4 Å². The zero-order chi connectivity index (χ0) is 28.6. The number of benzene rings is 3. The van der Waals surface area contributed by atoms with E-state index in [1.54, 1.807) is 48.5 Å². The van der Waals surface area contributed by atoms with E-state index in [-0.39, 0.29) is 17.8 Å². The number of fused-ring (bicyclic) bond motifs is 1. The third-order valence-electron chi connectivity index (χ3n) is 7.42. The summed E-state index contributed by atoms with van der Waals surface area (Å²) in [7, 11) is 1.56. The fraction of sp³-hybridized carbons (Fsp3) is 0.226. The summed E-state index contributed by atoms with van der Waals surface area (Å²) < 4.78 is 11.8. The van der Waals surface area contributed by atoms with Crippen molar-refractivity contribution in [2.75, 3.05) is 35.7 Å². The lowest BCUT2D eigenvalue weighted by Gasteiger charge is -2.19. The zero-order valence-corrected chi connectivity index (χ0v) is 22.7. The lowest BCUT2D eigenvalue weighted by molar-refractivity contribution is -0.131. The molecule has 208 valence electrons. The number of methoxy groups -OCH3 is 1. The molecule has 0 radical (unpaired) electrons. The molecule has 0 atom stereocenters. The van der Waals surface area contributed by atoms with E-state index in [4.69, 9.17) is 9.47 Å². The second-order valence-electron chi connectivity index (χ2n) is 10.2. The Morgan fingerprint density at radius 1 is 0.927 bits per heavy atom. The monoisotopic (exact) mass is 551 g/mol. The molecule has 1 saturated heterocycles. The summed E-state index contributed by atoms with van der Waals surface area (Å²) in [5, 5.41) is 9.26. The number of nitrogens with one attached hydrogen (secondary N) is 3. The minimum atomic E-state index is -1.07. The Kier molecular flexibility index (Phi) is 6.66. The molecular formula is C31H29N5O5. The van der Waals surface area contributed by atoms with Crippen molar-refractivity contribution < 1.29 is 23.9 Å². The maximum atomic E-state index is 13.1. The lowest BCUT2D eigenvalue weighted by atomic mass is 10.0. The topological polar surface area (TPSA) is 122 Å². The predicted octanol–water partition coefficient (Wildman–Crippen LogP) is 5.23. The summed E-state index contributed by atoms with van der Waals surface area (Å²) in [6.07, 6.45) is 2.64. The van der Waals surface area contributed by atoms with Crippen molar-refractivity contribution in [2.45, 2.75) is 19.8 Å². The van der Waals surface area contributed by atoms with E-state index in [2.05, 4.69) is 20.9 Å². The van der Waals surface area contributed by atoms with Gasteiger partial charge in [0.1, 0.15) is 22.7 Å². The summed E-state index contributed by atoms with van der Waals surface area (Å²) >= 11 is 0. The van der Waals surface area contributed by atoms with E-state index in [1.165, 1.54) is 0 Å². The standard InChI is InChI=1S/C31H29N5O5/c1-19-3-5-20(6-4-19)34-28(37)31(12-13-31)29(38)35-21-7-9-22(10-8-21)41-26-11-14-32-24-18-25(27(40-2)17-23(24)26)36-16-15-33-30(36)39/h3-11,14,17-18H,12-13,15-16H2,1-2H3,(H,33,39)(H,34,37)(H,35,38). The number of carbonyl (C=O) groups excluding carboxylic acids is 3. The van der Waals surface area contributed by atoms with Gasteiger partial charge < -0.3 is 25.4 Å². The maximum Gasteiger partial charge on any atom is 0.322 e. The summed E-state index contributed by atoms with van der Waals surface area (Å²) in [6, 6.07) is 19.6. The molecule has 41 heavy (non-hydrogen) atoms. The molecule has 1 aromatic heterocycles. The average molecular weight is 552 g/mol. The Morgan fingerprint density at radius 3 is 2.17 bits per heavy atom. The highest BCUT2D eigenvalue weighted by molar-refractivity contribution is 6.17. The van der Waals surface area contributed by atoms with Crippen LogP contribution in [0.15, 0.2) is 72.9 Å². The molecule has 3 aromatic carbocycles. The van der Waals surface area contributed by atoms with Crippen LogP contribution in [0.5, 0.6) is 17.2 Å². The first kappa shape index (κ1) is 26.1. The van der Waals surface area contributed by atoms with E-state index in [9.17, 15) is 14.4 Å². The molecule has 1 saturated carbocycles. The number of nitrogens with zero attached hydrogens (tertiary/aromatic N) is 2. The van der Waals surface area contributed by atoms with Gasteiger partial charge in [0, 0.05) is 36.0 Å². The van der Waals surface area contributed by atoms with Crippen LogP contribution >= 0.6 is 0 Å². The fourth-order valence-corrected chi connectivity index (χ4v) is 4.86. The molecule has 1 aliphatic carbocycles. The van der Waals surface area contributed by atoms with Gasteiger partial charge in [0.2, 0.25) is 11.8 Å². The molecule has 2 aliphatic rings. The van der Waals surface area contributed by atoms with E-state index < -0.39 is 5.41 Å². The summed E-state index contributed by atoms with van der Waals surface area (Å²) in [4.78, 5) is 44.3. The van der Waals surface area contributed by atoms with Crippen molar-refractivity contribution in [3.63, 3.8) is 0 Å².